The van der Waals surface area contributed by atoms with Gasteiger partial charge in [0.1, 0.15) is 0 Å². The lowest BCUT2D eigenvalue weighted by Crippen LogP contribution is -2.38. The van der Waals surface area contributed by atoms with Gasteiger partial charge in [-0.2, -0.15) is 0 Å². The summed E-state index contributed by atoms with van der Waals surface area (Å²) in [7, 11) is 3.95. The van der Waals surface area contributed by atoms with E-state index in [1.807, 2.05) is 57.1 Å². The molecule has 1 heterocycles. The zero-order valence-electron chi connectivity index (χ0n) is 13.8. The van der Waals surface area contributed by atoms with Gasteiger partial charge in [-0.1, -0.05) is 6.92 Å². The molecule has 5 nitrogen and oxygen atoms in total. The maximum Gasteiger partial charge on any atom is 0.227 e. The third-order valence-electron chi connectivity index (χ3n) is 4.17. The molecule has 2 unspecified atom stereocenters. The van der Waals surface area contributed by atoms with Crippen LogP contribution >= 0.6 is 0 Å². The van der Waals surface area contributed by atoms with Gasteiger partial charge in [-0.05, 0) is 37.6 Å². The molecule has 120 valence electrons. The number of carbonyl (C=O) groups excluding carboxylic acids is 2. The number of hydrogen-bond donors (Lipinski definition) is 1. The van der Waals surface area contributed by atoms with Crippen LogP contribution in [0, 0.1) is 5.92 Å². The number of amides is 2. The van der Waals surface area contributed by atoms with Crippen molar-refractivity contribution in [1.29, 1.82) is 0 Å². The number of nitrogens with zero attached hydrogens (tertiary/aromatic N) is 2. The zero-order valence-corrected chi connectivity index (χ0v) is 13.8. The molecule has 2 atom stereocenters. The van der Waals surface area contributed by atoms with Crippen LogP contribution < -0.4 is 15.1 Å². The molecule has 22 heavy (non-hydrogen) atoms. The van der Waals surface area contributed by atoms with E-state index in [9.17, 15) is 9.59 Å². The van der Waals surface area contributed by atoms with E-state index in [1.54, 1.807) is 4.90 Å². The van der Waals surface area contributed by atoms with Gasteiger partial charge >= 0.3 is 0 Å². The van der Waals surface area contributed by atoms with Crippen LogP contribution in [0.25, 0.3) is 0 Å². The Hall–Kier alpha value is -2.04. The first-order valence-corrected chi connectivity index (χ1v) is 7.80. The summed E-state index contributed by atoms with van der Waals surface area (Å²) in [4.78, 5) is 28.1. The maximum atomic E-state index is 12.2. The number of anilines is 2. The number of hydrogen-bond acceptors (Lipinski definition) is 3. The molecular weight excluding hydrogens is 278 g/mol. The van der Waals surface area contributed by atoms with Gasteiger partial charge in [0.25, 0.3) is 0 Å². The number of benzene rings is 1. The lowest BCUT2D eigenvalue weighted by atomic mass is 10.1. The van der Waals surface area contributed by atoms with Gasteiger partial charge in [0, 0.05) is 44.5 Å². The summed E-state index contributed by atoms with van der Waals surface area (Å²) in [6.45, 7) is 4.47. The Morgan fingerprint density at radius 3 is 2.55 bits per heavy atom. The van der Waals surface area contributed by atoms with Crippen molar-refractivity contribution < 1.29 is 9.59 Å². The molecule has 0 aromatic heterocycles. The van der Waals surface area contributed by atoms with Crippen molar-refractivity contribution in [2.45, 2.75) is 32.7 Å². The molecule has 1 fully saturated rings. The molecule has 2 rings (SSSR count). The normalized spacial score (nSPS) is 19.2. The molecule has 1 aliphatic rings. The van der Waals surface area contributed by atoms with Gasteiger partial charge in [0.2, 0.25) is 11.8 Å². The highest BCUT2D eigenvalue weighted by Crippen LogP contribution is 2.27. The molecular formula is C17H25N3O2. The summed E-state index contributed by atoms with van der Waals surface area (Å²) in [5.41, 5.74) is 1.94. The summed E-state index contributed by atoms with van der Waals surface area (Å²) in [5, 5.41) is 2.96. The molecule has 0 aliphatic carbocycles. The van der Waals surface area contributed by atoms with Crippen molar-refractivity contribution in [3.63, 3.8) is 0 Å². The molecule has 2 amide bonds. The second-order valence-electron chi connectivity index (χ2n) is 6.13. The van der Waals surface area contributed by atoms with Crippen LogP contribution in [0.1, 0.15) is 26.7 Å². The first-order chi connectivity index (χ1) is 10.4. The topological polar surface area (TPSA) is 52.7 Å². The van der Waals surface area contributed by atoms with Gasteiger partial charge in [0.15, 0.2) is 0 Å². The summed E-state index contributed by atoms with van der Waals surface area (Å²) >= 11 is 0. The Morgan fingerprint density at radius 2 is 2.00 bits per heavy atom. The minimum atomic E-state index is -0.255. The highest BCUT2D eigenvalue weighted by Gasteiger charge is 2.35. The van der Waals surface area contributed by atoms with E-state index in [4.69, 9.17) is 0 Å². The monoisotopic (exact) mass is 303 g/mol. The van der Waals surface area contributed by atoms with E-state index in [1.165, 1.54) is 0 Å². The van der Waals surface area contributed by atoms with Crippen LogP contribution in [0.3, 0.4) is 0 Å². The third kappa shape index (κ3) is 3.59. The molecule has 1 N–H and O–H groups in total. The lowest BCUT2D eigenvalue weighted by molar-refractivity contribution is -0.126. The Morgan fingerprint density at radius 1 is 1.36 bits per heavy atom. The molecule has 1 aromatic carbocycles. The summed E-state index contributed by atoms with van der Waals surface area (Å²) in [6, 6.07) is 7.98. The Kier molecular flexibility index (Phi) is 5.06. The van der Waals surface area contributed by atoms with Gasteiger partial charge in [-0.3, -0.25) is 9.59 Å². The molecule has 5 heteroatoms. The third-order valence-corrected chi connectivity index (χ3v) is 4.17. The van der Waals surface area contributed by atoms with Gasteiger partial charge in [-0.25, -0.2) is 0 Å². The number of nitrogens with one attached hydrogen (secondary N) is 1. The predicted octanol–water partition coefficient (Wildman–Crippen LogP) is 2.02. The quantitative estimate of drug-likeness (QED) is 0.905. The first-order valence-electron chi connectivity index (χ1n) is 7.80. The Balaban J connectivity index is 2.04. The molecule has 1 aromatic rings. The smallest absolute Gasteiger partial charge is 0.227 e. The standard InChI is InChI=1S/C17H25N3O2/c1-5-12(2)18-17(22)13-10-16(21)20(11-13)15-8-6-14(7-9-15)19(3)4/h6-9,12-13H,5,10-11H2,1-4H3,(H,18,22). The number of carbonyl (C=O) groups is 2. The van der Waals surface area contributed by atoms with Crippen LogP contribution in [0.2, 0.25) is 0 Å². The molecule has 1 saturated heterocycles. The molecule has 0 bridgehead atoms. The van der Waals surface area contributed by atoms with Crippen molar-refractivity contribution in [2.75, 3.05) is 30.4 Å². The van der Waals surface area contributed by atoms with Crippen molar-refractivity contribution in [3.05, 3.63) is 24.3 Å². The van der Waals surface area contributed by atoms with Crippen LogP contribution in [0.4, 0.5) is 11.4 Å². The van der Waals surface area contributed by atoms with E-state index in [0.717, 1.165) is 17.8 Å². The van der Waals surface area contributed by atoms with E-state index in [2.05, 4.69) is 5.32 Å². The van der Waals surface area contributed by atoms with Crippen molar-refractivity contribution in [2.24, 2.45) is 5.92 Å². The number of rotatable bonds is 5. The van der Waals surface area contributed by atoms with E-state index >= 15 is 0 Å². The second kappa shape index (κ2) is 6.81. The maximum absolute atomic E-state index is 12.2. The summed E-state index contributed by atoms with van der Waals surface area (Å²) in [6.07, 6.45) is 1.18. The Bertz CT molecular complexity index is 539. The summed E-state index contributed by atoms with van der Waals surface area (Å²) in [5.74, 6) is -0.257. The SMILES string of the molecule is CCC(C)NC(=O)C1CC(=O)N(c2ccc(N(C)C)cc2)C1. The lowest BCUT2D eigenvalue weighted by Gasteiger charge is -2.19. The molecule has 0 radical (unpaired) electrons. The minimum absolute atomic E-state index is 0.0157. The largest absolute Gasteiger partial charge is 0.378 e. The van der Waals surface area contributed by atoms with E-state index < -0.39 is 0 Å². The summed E-state index contributed by atoms with van der Waals surface area (Å²) < 4.78 is 0. The van der Waals surface area contributed by atoms with E-state index in [-0.39, 0.29) is 30.2 Å². The van der Waals surface area contributed by atoms with Gasteiger partial charge in [0.05, 0.1) is 5.92 Å². The molecule has 0 saturated carbocycles. The first kappa shape index (κ1) is 16.3. The van der Waals surface area contributed by atoms with Crippen LogP contribution in [0.15, 0.2) is 24.3 Å². The van der Waals surface area contributed by atoms with Crippen LogP contribution in [-0.4, -0.2) is 38.5 Å². The Labute approximate surface area is 132 Å². The zero-order chi connectivity index (χ0) is 16.3. The molecule has 1 aliphatic heterocycles. The van der Waals surface area contributed by atoms with Crippen molar-refractivity contribution in [1.82, 2.24) is 5.32 Å². The molecule has 0 spiro atoms. The fourth-order valence-electron chi connectivity index (χ4n) is 2.53. The van der Waals surface area contributed by atoms with Crippen LogP contribution in [-0.2, 0) is 9.59 Å². The van der Waals surface area contributed by atoms with Crippen LogP contribution in [0.5, 0.6) is 0 Å². The fourth-order valence-corrected chi connectivity index (χ4v) is 2.53. The minimum Gasteiger partial charge on any atom is -0.378 e. The predicted molar refractivity (Wildman–Crippen MR) is 89.1 cm³/mol. The highest BCUT2D eigenvalue weighted by atomic mass is 16.2. The van der Waals surface area contributed by atoms with E-state index in [0.29, 0.717) is 6.54 Å². The average Bonchev–Trinajstić information content (AvgIpc) is 2.89. The van der Waals surface area contributed by atoms with Crippen molar-refractivity contribution in [3.8, 4) is 0 Å². The highest BCUT2D eigenvalue weighted by molar-refractivity contribution is 6.00. The van der Waals surface area contributed by atoms with Crippen molar-refractivity contribution >= 4 is 23.2 Å². The average molecular weight is 303 g/mol. The van der Waals surface area contributed by atoms with Gasteiger partial charge in [-0.15, -0.1) is 0 Å². The van der Waals surface area contributed by atoms with Gasteiger partial charge < -0.3 is 15.1 Å². The fraction of sp³-hybridized carbons (Fsp3) is 0.529. The second-order valence-corrected chi connectivity index (χ2v) is 6.13.